The molecule has 0 aliphatic carbocycles. The van der Waals surface area contributed by atoms with Gasteiger partial charge in [-0.15, -0.1) is 0 Å². The largest absolute Gasteiger partial charge is 0.449 e. The van der Waals surface area contributed by atoms with E-state index in [1.165, 1.54) is 6.92 Å². The highest BCUT2D eigenvalue weighted by Crippen LogP contribution is 2.09. The summed E-state index contributed by atoms with van der Waals surface area (Å²) in [5.74, 6) is -2.21. The second kappa shape index (κ2) is 8.11. The smallest absolute Gasteiger partial charge is 0.335 e. The molecule has 8 heteroatoms. The van der Waals surface area contributed by atoms with Crippen molar-refractivity contribution in [3.63, 3.8) is 0 Å². The summed E-state index contributed by atoms with van der Waals surface area (Å²) >= 11 is 0. The van der Waals surface area contributed by atoms with E-state index in [0.29, 0.717) is 0 Å². The first kappa shape index (κ1) is 16.9. The Morgan fingerprint density at radius 3 is 2.11 bits per heavy atom. The number of carbonyl (C=O) groups excluding carboxylic acids is 2. The zero-order chi connectivity index (χ0) is 14.3. The van der Waals surface area contributed by atoms with E-state index in [1.807, 2.05) is 0 Å². The Balaban J connectivity index is 4.80. The van der Waals surface area contributed by atoms with Gasteiger partial charge in [0, 0.05) is 0 Å². The van der Waals surface area contributed by atoms with Crippen LogP contribution in [0, 0.1) is 0 Å². The number of aliphatic hydroxyl groups excluding tert-OH is 5. The van der Waals surface area contributed by atoms with Gasteiger partial charge in [0.05, 0.1) is 6.61 Å². The van der Waals surface area contributed by atoms with Crippen LogP contribution in [0.5, 0.6) is 0 Å². The zero-order valence-corrected chi connectivity index (χ0v) is 9.89. The van der Waals surface area contributed by atoms with E-state index in [1.54, 1.807) is 0 Å². The van der Waals surface area contributed by atoms with E-state index in [4.69, 9.17) is 20.4 Å². The highest BCUT2D eigenvalue weighted by Gasteiger charge is 2.35. The average molecular weight is 266 g/mol. The molecule has 106 valence electrons. The molecule has 0 fully saturated rings. The molecular formula is C10H18O8. The topological polar surface area (TPSA) is 145 Å². The quantitative estimate of drug-likeness (QED) is 0.291. The maximum absolute atomic E-state index is 11.3. The zero-order valence-electron chi connectivity index (χ0n) is 9.89. The van der Waals surface area contributed by atoms with Crippen LogP contribution in [-0.2, 0) is 14.3 Å². The van der Waals surface area contributed by atoms with Crippen LogP contribution in [-0.4, -0.2) is 74.9 Å². The van der Waals surface area contributed by atoms with Crippen LogP contribution < -0.4 is 0 Å². The molecule has 0 bridgehead atoms. The van der Waals surface area contributed by atoms with Crippen LogP contribution in [0.1, 0.15) is 13.3 Å². The van der Waals surface area contributed by atoms with Crippen LogP contribution in [0.4, 0.5) is 0 Å². The van der Waals surface area contributed by atoms with Crippen LogP contribution in [0.15, 0.2) is 0 Å². The number of hydrogen-bond acceptors (Lipinski definition) is 8. The maximum atomic E-state index is 11.3. The monoisotopic (exact) mass is 266 g/mol. The minimum absolute atomic E-state index is 0.0392. The Labute approximate surface area is 103 Å². The van der Waals surface area contributed by atoms with Gasteiger partial charge in [0.2, 0.25) is 5.78 Å². The molecule has 18 heavy (non-hydrogen) atoms. The summed E-state index contributed by atoms with van der Waals surface area (Å²) in [5.41, 5.74) is 0. The number of esters is 1. The molecule has 0 saturated heterocycles. The van der Waals surface area contributed by atoms with Gasteiger partial charge in [0.1, 0.15) is 18.8 Å². The summed E-state index contributed by atoms with van der Waals surface area (Å²) in [4.78, 5) is 22.5. The molecule has 0 aliphatic heterocycles. The third-order valence-electron chi connectivity index (χ3n) is 2.27. The van der Waals surface area contributed by atoms with Crippen molar-refractivity contribution in [1.82, 2.24) is 0 Å². The van der Waals surface area contributed by atoms with Gasteiger partial charge in [-0.1, -0.05) is 6.92 Å². The molecule has 0 rings (SSSR count). The Morgan fingerprint density at radius 2 is 1.72 bits per heavy atom. The molecule has 0 aromatic carbocycles. The van der Waals surface area contributed by atoms with Crippen molar-refractivity contribution in [1.29, 1.82) is 0 Å². The van der Waals surface area contributed by atoms with Crippen LogP contribution in [0.25, 0.3) is 0 Å². The second-order valence-corrected chi connectivity index (χ2v) is 3.65. The predicted molar refractivity (Wildman–Crippen MR) is 57.4 cm³/mol. The standard InChI is InChI=1S/C10H18O8/c1-2-5(13)10(17)18-9(7(15)4-12)8(16)6(14)3-11/h5-6,8-9,11-14,16H,2-4H2,1H3/t5?,6-,8-,9-/m1/s1. The predicted octanol–water partition coefficient (Wildman–Crippen LogP) is -3.06. The summed E-state index contributed by atoms with van der Waals surface area (Å²) in [6, 6.07) is 0. The van der Waals surface area contributed by atoms with Crippen molar-refractivity contribution in [3.8, 4) is 0 Å². The molecule has 0 heterocycles. The molecule has 0 aliphatic rings. The lowest BCUT2D eigenvalue weighted by molar-refractivity contribution is -0.176. The van der Waals surface area contributed by atoms with Crippen molar-refractivity contribution < 1.29 is 39.9 Å². The fraction of sp³-hybridized carbons (Fsp3) is 0.800. The van der Waals surface area contributed by atoms with Gasteiger partial charge in [-0.25, -0.2) is 4.79 Å². The Morgan fingerprint density at radius 1 is 1.17 bits per heavy atom. The number of Topliss-reactive ketones (excluding diaryl/α,β-unsaturated/α-hetero) is 1. The van der Waals surface area contributed by atoms with Gasteiger partial charge in [0.25, 0.3) is 0 Å². The highest BCUT2D eigenvalue weighted by atomic mass is 16.6. The van der Waals surface area contributed by atoms with Gasteiger partial charge in [-0.05, 0) is 6.42 Å². The molecular weight excluding hydrogens is 248 g/mol. The first-order valence-electron chi connectivity index (χ1n) is 5.38. The summed E-state index contributed by atoms with van der Waals surface area (Å²) in [5, 5.41) is 45.1. The lowest BCUT2D eigenvalue weighted by atomic mass is 10.0. The van der Waals surface area contributed by atoms with Crippen molar-refractivity contribution in [2.24, 2.45) is 0 Å². The lowest BCUT2D eigenvalue weighted by Gasteiger charge is -2.25. The van der Waals surface area contributed by atoms with E-state index in [9.17, 15) is 14.7 Å². The molecule has 0 aromatic rings. The summed E-state index contributed by atoms with van der Waals surface area (Å²) in [6.45, 7) is -0.382. The molecule has 0 saturated carbocycles. The fourth-order valence-corrected chi connectivity index (χ4v) is 1.10. The van der Waals surface area contributed by atoms with Gasteiger partial charge >= 0.3 is 5.97 Å². The van der Waals surface area contributed by atoms with Crippen molar-refractivity contribution in [2.75, 3.05) is 13.2 Å². The first-order valence-corrected chi connectivity index (χ1v) is 5.38. The SMILES string of the molecule is CCC(O)C(=O)O[C@H](C(=O)CO)[C@H](O)[C@H](O)CO. The number of ether oxygens (including phenoxy) is 1. The average Bonchev–Trinajstić information content (AvgIpc) is 2.40. The van der Waals surface area contributed by atoms with Crippen LogP contribution >= 0.6 is 0 Å². The number of hydrogen-bond donors (Lipinski definition) is 5. The van der Waals surface area contributed by atoms with E-state index in [0.717, 1.165) is 0 Å². The van der Waals surface area contributed by atoms with Crippen LogP contribution in [0.2, 0.25) is 0 Å². The molecule has 5 N–H and O–H groups in total. The summed E-state index contributed by atoms with van der Waals surface area (Å²) < 4.78 is 4.52. The van der Waals surface area contributed by atoms with E-state index in [-0.39, 0.29) is 6.42 Å². The third-order valence-corrected chi connectivity index (χ3v) is 2.27. The number of aliphatic hydroxyl groups is 5. The highest BCUT2D eigenvalue weighted by molar-refractivity contribution is 5.87. The number of rotatable bonds is 8. The third kappa shape index (κ3) is 4.67. The fourth-order valence-electron chi connectivity index (χ4n) is 1.10. The Hall–Kier alpha value is -1.06. The molecule has 0 spiro atoms. The van der Waals surface area contributed by atoms with Crippen molar-refractivity contribution in [2.45, 2.75) is 37.8 Å². The summed E-state index contributed by atoms with van der Waals surface area (Å²) in [7, 11) is 0. The van der Waals surface area contributed by atoms with E-state index < -0.39 is 49.4 Å². The Kier molecular flexibility index (Phi) is 7.64. The van der Waals surface area contributed by atoms with E-state index in [2.05, 4.69) is 4.74 Å². The summed E-state index contributed by atoms with van der Waals surface area (Å²) in [6.07, 6.45) is -6.87. The first-order chi connectivity index (χ1) is 8.38. The van der Waals surface area contributed by atoms with Crippen molar-refractivity contribution >= 4 is 11.8 Å². The molecule has 4 atom stereocenters. The second-order valence-electron chi connectivity index (χ2n) is 3.65. The van der Waals surface area contributed by atoms with Crippen LogP contribution in [0.3, 0.4) is 0 Å². The number of carbonyl (C=O) groups is 2. The molecule has 1 unspecified atom stereocenters. The minimum atomic E-state index is -1.89. The normalized spacial score (nSPS) is 17.7. The van der Waals surface area contributed by atoms with E-state index >= 15 is 0 Å². The van der Waals surface area contributed by atoms with Gasteiger partial charge in [0.15, 0.2) is 12.2 Å². The molecule has 8 nitrogen and oxygen atoms in total. The van der Waals surface area contributed by atoms with Gasteiger partial charge in [-0.2, -0.15) is 0 Å². The number of ketones is 1. The lowest BCUT2D eigenvalue weighted by Crippen LogP contribution is -2.48. The van der Waals surface area contributed by atoms with Gasteiger partial charge in [-0.3, -0.25) is 4.79 Å². The minimum Gasteiger partial charge on any atom is -0.449 e. The maximum Gasteiger partial charge on any atom is 0.335 e. The van der Waals surface area contributed by atoms with Crippen molar-refractivity contribution in [3.05, 3.63) is 0 Å². The molecule has 0 aromatic heterocycles. The molecule has 0 radical (unpaired) electrons. The van der Waals surface area contributed by atoms with Gasteiger partial charge < -0.3 is 30.3 Å². The Bertz CT molecular complexity index is 277. The molecule has 0 amide bonds.